The first kappa shape index (κ1) is 23.7. The molecule has 3 aliphatic rings. The van der Waals surface area contributed by atoms with Crippen LogP contribution in [-0.4, -0.2) is 34.5 Å². The summed E-state index contributed by atoms with van der Waals surface area (Å²) in [5.41, 5.74) is 2.44. The summed E-state index contributed by atoms with van der Waals surface area (Å²) in [6, 6.07) is 24.3. The highest BCUT2D eigenvalue weighted by Crippen LogP contribution is 2.58. The number of rotatable bonds is 4. The van der Waals surface area contributed by atoms with Crippen LogP contribution in [0, 0.1) is 5.92 Å². The number of halogens is 1. The molecule has 3 aliphatic heterocycles. The summed E-state index contributed by atoms with van der Waals surface area (Å²) < 4.78 is 0.845. The van der Waals surface area contributed by atoms with Gasteiger partial charge in [-0.05, 0) is 47.5 Å². The average molecular weight is 576 g/mol. The van der Waals surface area contributed by atoms with Crippen LogP contribution in [0.5, 0.6) is 0 Å². The first-order valence-electron chi connectivity index (χ1n) is 12.7. The first-order valence-corrected chi connectivity index (χ1v) is 13.5. The van der Waals surface area contributed by atoms with Gasteiger partial charge in [0, 0.05) is 39.4 Å². The van der Waals surface area contributed by atoms with Crippen LogP contribution in [0.4, 0.5) is 11.4 Å². The van der Waals surface area contributed by atoms with E-state index in [1.54, 1.807) is 30.5 Å². The monoisotopic (exact) mass is 575 g/mol. The highest BCUT2D eigenvalue weighted by Gasteiger charge is 2.70. The summed E-state index contributed by atoms with van der Waals surface area (Å²) in [5, 5.41) is 3.03. The zero-order valence-electron chi connectivity index (χ0n) is 20.6. The molecule has 4 heterocycles. The summed E-state index contributed by atoms with van der Waals surface area (Å²) in [5.74, 6) is -1.66. The van der Waals surface area contributed by atoms with Gasteiger partial charge in [0.05, 0.1) is 12.0 Å². The van der Waals surface area contributed by atoms with Gasteiger partial charge >= 0.3 is 0 Å². The molecule has 7 heteroatoms. The van der Waals surface area contributed by atoms with Gasteiger partial charge in [0.2, 0.25) is 5.91 Å². The molecule has 39 heavy (non-hydrogen) atoms. The molecule has 0 saturated carbocycles. The molecular formula is C32H22BrN3O3. The topological polar surface area (TPSA) is 79.4 Å². The fourth-order valence-corrected chi connectivity index (χ4v) is 6.86. The van der Waals surface area contributed by atoms with Crippen molar-refractivity contribution >= 4 is 50.9 Å². The van der Waals surface area contributed by atoms with Gasteiger partial charge in [0.15, 0.2) is 11.6 Å². The number of nitrogens with one attached hydrogen (secondary N) is 1. The van der Waals surface area contributed by atoms with E-state index in [2.05, 4.69) is 26.2 Å². The molecule has 0 radical (unpaired) electrons. The number of carbonyl (C=O) groups excluding carboxylic acids is 3. The van der Waals surface area contributed by atoms with E-state index in [0.717, 1.165) is 15.7 Å². The standard InChI is InChI=1S/C32H22BrN3O3/c33-22-14-11-20(12-15-22)29(38)30-32(23-8-2-3-9-24(23)35-31(32)39)27(28(37)21-7-5-17-34-18-21)26-16-13-19-6-1-4-10-25(19)36(26)30/h1-18,26-27,30H,(H,35,39). The van der Waals surface area contributed by atoms with Gasteiger partial charge in [-0.1, -0.05) is 76.6 Å². The first-order chi connectivity index (χ1) is 19.0. The molecule has 0 bridgehead atoms. The third kappa shape index (κ3) is 3.32. The van der Waals surface area contributed by atoms with Crippen LogP contribution in [0.3, 0.4) is 0 Å². The number of ketones is 2. The van der Waals surface area contributed by atoms with Gasteiger partial charge in [-0.25, -0.2) is 0 Å². The second-order valence-corrected chi connectivity index (χ2v) is 11.0. The molecule has 4 atom stereocenters. The Balaban J connectivity index is 1.54. The number of anilines is 2. The van der Waals surface area contributed by atoms with Crippen molar-refractivity contribution in [1.29, 1.82) is 0 Å². The molecule has 0 aliphatic carbocycles. The minimum Gasteiger partial charge on any atom is -0.352 e. The second kappa shape index (κ2) is 8.85. The van der Waals surface area contributed by atoms with E-state index in [9.17, 15) is 14.4 Å². The highest BCUT2D eigenvalue weighted by molar-refractivity contribution is 9.10. The van der Waals surface area contributed by atoms with E-state index in [4.69, 9.17) is 0 Å². The number of hydrogen-bond donors (Lipinski definition) is 1. The van der Waals surface area contributed by atoms with E-state index in [-0.39, 0.29) is 17.5 Å². The molecule has 4 aromatic rings. The Hall–Kier alpha value is -4.36. The van der Waals surface area contributed by atoms with Crippen LogP contribution in [0.15, 0.2) is 108 Å². The van der Waals surface area contributed by atoms with E-state index in [1.165, 1.54) is 6.20 Å². The zero-order valence-corrected chi connectivity index (χ0v) is 22.2. The SMILES string of the molecule is O=C(c1cccnc1)C1C2C=Cc3ccccc3N2C(C(=O)c2ccc(Br)cc2)C12C(=O)Nc1ccccc12. The molecule has 4 unspecified atom stereocenters. The summed E-state index contributed by atoms with van der Waals surface area (Å²) in [7, 11) is 0. The molecule has 1 spiro atoms. The van der Waals surface area contributed by atoms with Crippen molar-refractivity contribution in [3.63, 3.8) is 0 Å². The number of hydrogen-bond acceptors (Lipinski definition) is 5. The molecular weight excluding hydrogens is 554 g/mol. The molecule has 190 valence electrons. The maximum Gasteiger partial charge on any atom is 0.238 e. The lowest BCUT2D eigenvalue weighted by Gasteiger charge is -2.37. The minimum absolute atomic E-state index is 0.217. The molecule has 1 amide bonds. The van der Waals surface area contributed by atoms with Crippen molar-refractivity contribution in [1.82, 2.24) is 4.98 Å². The minimum atomic E-state index is -1.47. The highest BCUT2D eigenvalue weighted by atomic mass is 79.9. The number of para-hydroxylation sites is 2. The van der Waals surface area contributed by atoms with Crippen molar-refractivity contribution in [2.45, 2.75) is 17.5 Å². The smallest absolute Gasteiger partial charge is 0.238 e. The van der Waals surface area contributed by atoms with Crippen molar-refractivity contribution in [3.8, 4) is 0 Å². The fraction of sp³-hybridized carbons (Fsp3) is 0.125. The van der Waals surface area contributed by atoms with Gasteiger partial charge in [-0.3, -0.25) is 19.4 Å². The van der Waals surface area contributed by atoms with Crippen LogP contribution in [0.25, 0.3) is 6.08 Å². The molecule has 1 saturated heterocycles. The number of Topliss-reactive ketones (excluding diaryl/α,β-unsaturated/α-hetero) is 2. The fourth-order valence-electron chi connectivity index (χ4n) is 6.60. The van der Waals surface area contributed by atoms with Gasteiger partial charge in [-0.15, -0.1) is 0 Å². The van der Waals surface area contributed by atoms with Crippen molar-refractivity contribution in [2.75, 3.05) is 10.2 Å². The second-order valence-electron chi connectivity index (χ2n) is 10.0. The number of carbonyl (C=O) groups is 3. The van der Waals surface area contributed by atoms with Gasteiger partial charge in [0.25, 0.3) is 0 Å². The molecule has 1 aromatic heterocycles. The Bertz CT molecular complexity index is 1680. The Kier molecular flexibility index (Phi) is 5.39. The predicted molar refractivity (Wildman–Crippen MR) is 153 cm³/mol. The number of pyridine rings is 1. The Morgan fingerprint density at radius 3 is 2.44 bits per heavy atom. The van der Waals surface area contributed by atoms with E-state index in [0.29, 0.717) is 22.4 Å². The number of fused-ring (bicyclic) bond motifs is 5. The number of amides is 1. The number of benzene rings is 3. The molecule has 1 N–H and O–H groups in total. The van der Waals surface area contributed by atoms with E-state index < -0.39 is 23.4 Å². The van der Waals surface area contributed by atoms with E-state index in [1.807, 2.05) is 77.7 Å². The third-order valence-electron chi connectivity index (χ3n) is 8.15. The summed E-state index contributed by atoms with van der Waals surface area (Å²) in [6.07, 6.45) is 7.09. The van der Waals surface area contributed by atoms with Crippen LogP contribution in [-0.2, 0) is 10.2 Å². The normalized spacial score (nSPS) is 24.2. The Morgan fingerprint density at radius 2 is 1.64 bits per heavy atom. The van der Waals surface area contributed by atoms with Gasteiger partial charge in [0.1, 0.15) is 11.5 Å². The lowest BCUT2D eigenvalue weighted by molar-refractivity contribution is -0.121. The van der Waals surface area contributed by atoms with Crippen LogP contribution >= 0.6 is 15.9 Å². The quantitative estimate of drug-likeness (QED) is 0.316. The van der Waals surface area contributed by atoms with Gasteiger partial charge < -0.3 is 10.2 Å². The molecule has 7 rings (SSSR count). The van der Waals surface area contributed by atoms with Crippen molar-refractivity contribution < 1.29 is 14.4 Å². The van der Waals surface area contributed by atoms with Gasteiger partial charge in [-0.2, -0.15) is 0 Å². The van der Waals surface area contributed by atoms with Crippen molar-refractivity contribution in [2.24, 2.45) is 5.92 Å². The summed E-state index contributed by atoms with van der Waals surface area (Å²) in [4.78, 5) is 49.7. The van der Waals surface area contributed by atoms with Crippen molar-refractivity contribution in [3.05, 3.63) is 130 Å². The third-order valence-corrected chi connectivity index (χ3v) is 8.68. The summed E-state index contributed by atoms with van der Waals surface area (Å²) >= 11 is 3.45. The Labute approximate surface area is 233 Å². The zero-order chi connectivity index (χ0) is 26.7. The molecule has 3 aromatic carbocycles. The lowest BCUT2D eigenvalue weighted by Crippen LogP contribution is -2.55. The van der Waals surface area contributed by atoms with Crippen LogP contribution < -0.4 is 10.2 Å². The largest absolute Gasteiger partial charge is 0.352 e. The predicted octanol–water partition coefficient (Wildman–Crippen LogP) is 5.70. The summed E-state index contributed by atoms with van der Waals surface area (Å²) in [6.45, 7) is 0. The number of aromatic nitrogens is 1. The lowest BCUT2D eigenvalue weighted by atomic mass is 9.63. The Morgan fingerprint density at radius 1 is 0.872 bits per heavy atom. The molecule has 6 nitrogen and oxygen atoms in total. The maximum absolute atomic E-state index is 14.7. The molecule has 1 fully saturated rings. The van der Waals surface area contributed by atoms with E-state index >= 15 is 0 Å². The number of nitrogens with zero attached hydrogens (tertiary/aromatic N) is 2. The maximum atomic E-state index is 14.7. The van der Waals surface area contributed by atoms with Crippen LogP contribution in [0.2, 0.25) is 0 Å². The van der Waals surface area contributed by atoms with Crippen LogP contribution in [0.1, 0.15) is 31.8 Å². The average Bonchev–Trinajstić information content (AvgIpc) is 3.45.